The van der Waals surface area contributed by atoms with E-state index in [2.05, 4.69) is 30.3 Å². The molecule has 0 spiro atoms. The van der Waals surface area contributed by atoms with E-state index < -0.39 is 32.5 Å². The average molecular weight is 468 g/mol. The van der Waals surface area contributed by atoms with Gasteiger partial charge in [0.1, 0.15) is 18.3 Å². The van der Waals surface area contributed by atoms with E-state index in [1.54, 1.807) is 24.3 Å². The van der Waals surface area contributed by atoms with Crippen molar-refractivity contribution in [2.75, 3.05) is 19.0 Å². The van der Waals surface area contributed by atoms with Crippen LogP contribution in [0.25, 0.3) is 0 Å². The molecule has 0 radical (unpaired) electrons. The Morgan fingerprint density at radius 2 is 1.55 bits per heavy atom. The van der Waals surface area contributed by atoms with Crippen molar-refractivity contribution in [3.63, 3.8) is 0 Å². The van der Waals surface area contributed by atoms with Crippen LogP contribution in [0, 0.1) is 0 Å². The fourth-order valence-corrected chi connectivity index (χ4v) is 4.68. The fourth-order valence-electron chi connectivity index (χ4n) is 3.51. The van der Waals surface area contributed by atoms with Gasteiger partial charge in [0.2, 0.25) is 17.7 Å². The number of anilines is 1. The lowest BCUT2D eigenvalue weighted by Gasteiger charge is -2.21. The third-order valence-electron chi connectivity index (χ3n) is 5.49. The summed E-state index contributed by atoms with van der Waals surface area (Å²) in [6.07, 6.45) is 0.198. The smallest absolute Gasteiger partial charge is 0.251 e. The predicted octanol–water partition coefficient (Wildman–Crippen LogP) is 2.19. The van der Waals surface area contributed by atoms with E-state index in [4.69, 9.17) is 4.74 Å². The van der Waals surface area contributed by atoms with E-state index in [9.17, 15) is 19.2 Å². The predicted molar refractivity (Wildman–Crippen MR) is 128 cm³/mol. The molecular formula is C24H29N3O5Si. The first kappa shape index (κ1) is 24.2. The summed E-state index contributed by atoms with van der Waals surface area (Å²) in [5.41, 5.74) is 1.15. The molecule has 2 aromatic rings. The zero-order chi connectivity index (χ0) is 24.2. The monoisotopic (exact) mass is 467 g/mol. The highest BCUT2D eigenvalue weighted by Crippen LogP contribution is 2.20. The molecule has 33 heavy (non-hydrogen) atoms. The van der Waals surface area contributed by atoms with Crippen molar-refractivity contribution in [2.24, 2.45) is 0 Å². The molecule has 9 heteroatoms. The number of imide groups is 1. The molecular weight excluding hydrogens is 438 g/mol. The lowest BCUT2D eigenvalue weighted by atomic mass is 10.1. The summed E-state index contributed by atoms with van der Waals surface area (Å²) < 4.78 is 5.17. The molecule has 1 fully saturated rings. The molecule has 1 atom stereocenters. The van der Waals surface area contributed by atoms with Crippen LogP contribution in [-0.4, -0.2) is 50.3 Å². The van der Waals surface area contributed by atoms with E-state index in [1.807, 2.05) is 24.3 Å². The molecule has 1 aliphatic rings. The van der Waals surface area contributed by atoms with Crippen LogP contribution in [0.4, 0.5) is 5.69 Å². The van der Waals surface area contributed by atoms with Crippen molar-refractivity contribution >= 4 is 42.6 Å². The number of methoxy groups -OCH3 is 1. The molecule has 174 valence electrons. The Bertz CT molecular complexity index is 1030. The molecule has 0 bridgehead atoms. The lowest BCUT2D eigenvalue weighted by Crippen LogP contribution is -2.44. The minimum atomic E-state index is -1.47. The maximum absolute atomic E-state index is 13.2. The van der Waals surface area contributed by atoms with Crippen LogP contribution in [0.5, 0.6) is 5.75 Å². The molecule has 1 heterocycles. The highest BCUT2D eigenvalue weighted by Gasteiger charge is 2.32. The van der Waals surface area contributed by atoms with Crippen molar-refractivity contribution in [1.29, 1.82) is 0 Å². The first-order chi connectivity index (χ1) is 15.6. The van der Waals surface area contributed by atoms with Gasteiger partial charge in [-0.05, 0) is 29.8 Å². The third-order valence-corrected chi connectivity index (χ3v) is 7.56. The van der Waals surface area contributed by atoms with Crippen molar-refractivity contribution in [3.8, 4) is 5.75 Å². The van der Waals surface area contributed by atoms with Gasteiger partial charge in [-0.1, -0.05) is 49.1 Å². The number of ether oxygens (including phenoxy) is 1. The quantitative estimate of drug-likeness (QED) is 0.457. The van der Waals surface area contributed by atoms with Gasteiger partial charge >= 0.3 is 0 Å². The number of carbonyl (C=O) groups is 4. The van der Waals surface area contributed by atoms with E-state index in [0.717, 1.165) is 4.90 Å². The van der Waals surface area contributed by atoms with Gasteiger partial charge in [0.25, 0.3) is 5.91 Å². The van der Waals surface area contributed by atoms with Crippen LogP contribution in [0.3, 0.4) is 0 Å². The zero-order valence-electron chi connectivity index (χ0n) is 19.3. The minimum Gasteiger partial charge on any atom is -0.497 e. The standard InChI is InChI=1S/C24H29N3O5Si/c1-32-18-9-5-16(6-10-18)23(26-20(28)15-27-21(29)13-14-22(27)30)24(31)25-17-7-11-19(12-8-17)33(2,3)4/h5-12,23H,13-15H2,1-4H3,(H,25,31)(H,26,28). The van der Waals surface area contributed by atoms with Gasteiger partial charge in [-0.25, -0.2) is 0 Å². The Morgan fingerprint density at radius 1 is 0.970 bits per heavy atom. The maximum atomic E-state index is 13.2. The van der Waals surface area contributed by atoms with E-state index in [1.165, 1.54) is 12.3 Å². The second-order valence-corrected chi connectivity index (χ2v) is 14.0. The van der Waals surface area contributed by atoms with Gasteiger partial charge < -0.3 is 15.4 Å². The summed E-state index contributed by atoms with van der Waals surface area (Å²) in [4.78, 5) is 50.4. The molecule has 0 aliphatic carbocycles. The number of nitrogens with one attached hydrogen (secondary N) is 2. The molecule has 0 saturated carbocycles. The largest absolute Gasteiger partial charge is 0.497 e. The Kier molecular flexibility index (Phi) is 7.32. The van der Waals surface area contributed by atoms with Crippen LogP contribution in [0.1, 0.15) is 24.4 Å². The number of nitrogens with zero attached hydrogens (tertiary/aromatic N) is 1. The summed E-state index contributed by atoms with van der Waals surface area (Å²) in [6, 6.07) is 13.4. The van der Waals surface area contributed by atoms with Crippen molar-refractivity contribution in [1.82, 2.24) is 10.2 Å². The maximum Gasteiger partial charge on any atom is 0.251 e. The van der Waals surface area contributed by atoms with Gasteiger partial charge in [-0.15, -0.1) is 0 Å². The molecule has 0 aromatic heterocycles. The summed E-state index contributed by atoms with van der Waals surface area (Å²) >= 11 is 0. The average Bonchev–Trinajstić information content (AvgIpc) is 3.09. The highest BCUT2D eigenvalue weighted by molar-refractivity contribution is 6.88. The lowest BCUT2D eigenvalue weighted by molar-refractivity contribution is -0.142. The zero-order valence-corrected chi connectivity index (χ0v) is 20.3. The number of hydrogen-bond acceptors (Lipinski definition) is 5. The van der Waals surface area contributed by atoms with Gasteiger partial charge in [-0.2, -0.15) is 0 Å². The first-order valence-electron chi connectivity index (χ1n) is 10.8. The Labute approximate surface area is 194 Å². The second kappa shape index (κ2) is 9.99. The van der Waals surface area contributed by atoms with E-state index in [0.29, 0.717) is 17.0 Å². The molecule has 1 aliphatic heterocycles. The van der Waals surface area contributed by atoms with E-state index in [-0.39, 0.29) is 24.7 Å². The van der Waals surface area contributed by atoms with Crippen LogP contribution >= 0.6 is 0 Å². The molecule has 3 rings (SSSR count). The van der Waals surface area contributed by atoms with E-state index >= 15 is 0 Å². The number of rotatable bonds is 8. The van der Waals surface area contributed by atoms with Crippen molar-refractivity contribution in [2.45, 2.75) is 38.5 Å². The number of amides is 4. The van der Waals surface area contributed by atoms with Gasteiger partial charge in [0, 0.05) is 18.5 Å². The second-order valence-electron chi connectivity index (χ2n) is 8.96. The van der Waals surface area contributed by atoms with Gasteiger partial charge in [-0.3, -0.25) is 24.1 Å². The Balaban J connectivity index is 1.78. The van der Waals surface area contributed by atoms with Crippen molar-refractivity contribution < 1.29 is 23.9 Å². The van der Waals surface area contributed by atoms with Crippen LogP contribution in [0.2, 0.25) is 19.6 Å². The molecule has 8 nitrogen and oxygen atoms in total. The molecule has 2 N–H and O–H groups in total. The number of benzene rings is 2. The summed E-state index contributed by atoms with van der Waals surface area (Å²) in [5, 5.41) is 6.78. The molecule has 1 saturated heterocycles. The summed E-state index contributed by atoms with van der Waals surface area (Å²) in [7, 11) is 0.0647. The Morgan fingerprint density at radius 3 is 2.06 bits per heavy atom. The van der Waals surface area contributed by atoms with Gasteiger partial charge in [0.05, 0.1) is 15.2 Å². The van der Waals surface area contributed by atoms with Crippen LogP contribution < -0.4 is 20.6 Å². The topological polar surface area (TPSA) is 105 Å². The Hall–Kier alpha value is -3.46. The summed E-state index contributed by atoms with van der Waals surface area (Å²) in [5.74, 6) is -1.19. The number of likely N-dealkylation sites (tertiary alicyclic amines) is 1. The normalized spacial score (nSPS) is 14.7. The summed E-state index contributed by atoms with van der Waals surface area (Å²) in [6.45, 7) is 6.31. The van der Waals surface area contributed by atoms with Crippen molar-refractivity contribution in [3.05, 3.63) is 54.1 Å². The molecule has 1 unspecified atom stereocenters. The highest BCUT2D eigenvalue weighted by atomic mass is 28.3. The first-order valence-corrected chi connectivity index (χ1v) is 14.3. The fraction of sp³-hybridized carbons (Fsp3) is 0.333. The van der Waals surface area contributed by atoms with Crippen LogP contribution in [-0.2, 0) is 19.2 Å². The third kappa shape index (κ3) is 6.07. The number of carbonyl (C=O) groups excluding carboxylic acids is 4. The molecule has 4 amide bonds. The number of hydrogen-bond donors (Lipinski definition) is 2. The molecule has 2 aromatic carbocycles. The minimum absolute atomic E-state index is 0.0991. The van der Waals surface area contributed by atoms with Gasteiger partial charge in [0.15, 0.2) is 0 Å². The SMILES string of the molecule is COc1ccc(C(NC(=O)CN2C(=O)CCC2=O)C(=O)Nc2ccc([Si](C)(C)C)cc2)cc1. The van der Waals surface area contributed by atoms with Crippen LogP contribution in [0.15, 0.2) is 48.5 Å².